The maximum atomic E-state index is 11.9. The number of hydrogen-bond donors (Lipinski definition) is 0. The fraction of sp³-hybridized carbons (Fsp3) is 0.286. The molecule has 1 aromatic carbocycles. The molecule has 3 heteroatoms. The van der Waals surface area contributed by atoms with Crippen LogP contribution in [0.4, 0.5) is 0 Å². The number of terminal acetylenes is 1. The van der Waals surface area contributed by atoms with Crippen LogP contribution in [0.15, 0.2) is 24.3 Å². The van der Waals surface area contributed by atoms with Crippen molar-refractivity contribution in [1.29, 1.82) is 5.26 Å². The van der Waals surface area contributed by atoms with E-state index in [1.165, 1.54) is 0 Å². The summed E-state index contributed by atoms with van der Waals surface area (Å²) in [6, 6.07) is 9.04. The SMILES string of the molecule is C#CCN(CC)C(=O)Cc1ccc(C#N)cc1. The standard InChI is InChI=1S/C14H14N2O/c1-3-9-16(4-2)14(17)10-12-5-7-13(11-15)8-6-12/h1,5-8H,4,9-10H2,2H3. The van der Waals surface area contributed by atoms with E-state index in [0.717, 1.165) is 5.56 Å². The Kier molecular flexibility index (Phi) is 4.78. The van der Waals surface area contributed by atoms with Crippen LogP contribution in [0.5, 0.6) is 0 Å². The molecule has 0 N–H and O–H groups in total. The summed E-state index contributed by atoms with van der Waals surface area (Å²) in [6.45, 7) is 2.85. The van der Waals surface area contributed by atoms with Crippen molar-refractivity contribution in [3.05, 3.63) is 35.4 Å². The van der Waals surface area contributed by atoms with E-state index in [4.69, 9.17) is 11.7 Å². The largest absolute Gasteiger partial charge is 0.332 e. The third-order valence-corrected chi connectivity index (χ3v) is 2.45. The summed E-state index contributed by atoms with van der Waals surface area (Å²) < 4.78 is 0. The van der Waals surface area contributed by atoms with Gasteiger partial charge in [-0.2, -0.15) is 5.26 Å². The Bertz CT molecular complexity index is 462. The van der Waals surface area contributed by atoms with E-state index in [0.29, 0.717) is 25.1 Å². The van der Waals surface area contributed by atoms with Crippen molar-refractivity contribution in [2.45, 2.75) is 13.3 Å². The van der Waals surface area contributed by atoms with Gasteiger partial charge in [-0.15, -0.1) is 6.42 Å². The Hall–Kier alpha value is -2.26. The molecule has 1 rings (SSSR count). The van der Waals surface area contributed by atoms with Gasteiger partial charge in [0, 0.05) is 6.54 Å². The van der Waals surface area contributed by atoms with E-state index in [-0.39, 0.29) is 5.91 Å². The molecule has 0 heterocycles. The molecule has 0 atom stereocenters. The number of hydrogen-bond acceptors (Lipinski definition) is 2. The number of benzene rings is 1. The van der Waals surface area contributed by atoms with Crippen molar-refractivity contribution in [2.75, 3.05) is 13.1 Å². The predicted molar refractivity (Wildman–Crippen MR) is 65.9 cm³/mol. The third-order valence-electron chi connectivity index (χ3n) is 2.45. The molecule has 1 amide bonds. The Morgan fingerprint density at radius 1 is 1.41 bits per heavy atom. The van der Waals surface area contributed by atoms with E-state index in [2.05, 4.69) is 5.92 Å². The molecule has 86 valence electrons. The molecule has 0 aliphatic rings. The smallest absolute Gasteiger partial charge is 0.227 e. The van der Waals surface area contributed by atoms with Gasteiger partial charge in [0.1, 0.15) is 0 Å². The second-order valence-electron chi connectivity index (χ2n) is 3.60. The lowest BCUT2D eigenvalue weighted by atomic mass is 10.1. The fourth-order valence-corrected chi connectivity index (χ4v) is 1.47. The average molecular weight is 226 g/mol. The van der Waals surface area contributed by atoms with Gasteiger partial charge in [0.15, 0.2) is 0 Å². The van der Waals surface area contributed by atoms with Gasteiger partial charge in [0.2, 0.25) is 5.91 Å². The lowest BCUT2D eigenvalue weighted by Gasteiger charge is -2.17. The molecular weight excluding hydrogens is 212 g/mol. The first-order valence-electron chi connectivity index (χ1n) is 5.41. The Morgan fingerprint density at radius 3 is 2.53 bits per heavy atom. The summed E-state index contributed by atoms with van der Waals surface area (Å²) in [6.07, 6.45) is 5.51. The van der Waals surface area contributed by atoms with Crippen molar-refractivity contribution in [3.8, 4) is 18.4 Å². The van der Waals surface area contributed by atoms with Crippen LogP contribution in [0.25, 0.3) is 0 Å². The fourth-order valence-electron chi connectivity index (χ4n) is 1.47. The first-order valence-corrected chi connectivity index (χ1v) is 5.41. The van der Waals surface area contributed by atoms with Gasteiger partial charge < -0.3 is 4.90 Å². The van der Waals surface area contributed by atoms with E-state index in [1.54, 1.807) is 29.2 Å². The van der Waals surface area contributed by atoms with Crippen molar-refractivity contribution in [1.82, 2.24) is 4.90 Å². The maximum absolute atomic E-state index is 11.9. The second-order valence-corrected chi connectivity index (χ2v) is 3.60. The van der Waals surface area contributed by atoms with Crippen LogP contribution in [-0.4, -0.2) is 23.9 Å². The summed E-state index contributed by atoms with van der Waals surface area (Å²) >= 11 is 0. The molecule has 0 aliphatic carbocycles. The van der Waals surface area contributed by atoms with Crippen LogP contribution >= 0.6 is 0 Å². The van der Waals surface area contributed by atoms with E-state index >= 15 is 0 Å². The number of carbonyl (C=O) groups excluding carboxylic acids is 1. The molecule has 0 spiro atoms. The van der Waals surface area contributed by atoms with Crippen LogP contribution in [0.1, 0.15) is 18.1 Å². The zero-order valence-electron chi connectivity index (χ0n) is 9.81. The van der Waals surface area contributed by atoms with Crippen LogP contribution in [-0.2, 0) is 11.2 Å². The van der Waals surface area contributed by atoms with Gasteiger partial charge >= 0.3 is 0 Å². The molecule has 17 heavy (non-hydrogen) atoms. The van der Waals surface area contributed by atoms with Crippen LogP contribution < -0.4 is 0 Å². The summed E-state index contributed by atoms with van der Waals surface area (Å²) in [7, 11) is 0. The second kappa shape index (κ2) is 6.35. The predicted octanol–water partition coefficient (Wildman–Crippen LogP) is 1.58. The summed E-state index contributed by atoms with van der Waals surface area (Å²) in [4.78, 5) is 13.5. The van der Waals surface area contributed by atoms with Gasteiger partial charge in [0.25, 0.3) is 0 Å². The molecule has 0 unspecified atom stereocenters. The highest BCUT2D eigenvalue weighted by Crippen LogP contribution is 2.06. The van der Waals surface area contributed by atoms with Crippen LogP contribution in [0.2, 0.25) is 0 Å². The van der Waals surface area contributed by atoms with E-state index in [1.807, 2.05) is 13.0 Å². The highest BCUT2D eigenvalue weighted by atomic mass is 16.2. The van der Waals surface area contributed by atoms with Gasteiger partial charge in [-0.1, -0.05) is 18.1 Å². The molecule has 3 nitrogen and oxygen atoms in total. The van der Waals surface area contributed by atoms with E-state index in [9.17, 15) is 4.79 Å². The van der Waals surface area contributed by atoms with Crippen molar-refractivity contribution in [2.24, 2.45) is 0 Å². The molecule has 0 bridgehead atoms. The molecule has 1 aromatic rings. The first kappa shape index (κ1) is 12.8. The number of likely N-dealkylation sites (N-methyl/N-ethyl adjacent to an activating group) is 1. The van der Waals surface area contributed by atoms with Crippen molar-refractivity contribution < 1.29 is 4.79 Å². The first-order chi connectivity index (χ1) is 8.21. The summed E-state index contributed by atoms with van der Waals surface area (Å²) in [5.74, 6) is 2.48. The molecule has 0 fully saturated rings. The zero-order chi connectivity index (χ0) is 12.7. The average Bonchev–Trinajstić information content (AvgIpc) is 2.36. The minimum atomic E-state index is 0.00941. The van der Waals surface area contributed by atoms with Crippen LogP contribution in [0.3, 0.4) is 0 Å². The van der Waals surface area contributed by atoms with Gasteiger partial charge in [0.05, 0.1) is 24.6 Å². The van der Waals surface area contributed by atoms with Crippen molar-refractivity contribution >= 4 is 5.91 Å². The van der Waals surface area contributed by atoms with Crippen molar-refractivity contribution in [3.63, 3.8) is 0 Å². The molecule has 0 radical (unpaired) electrons. The molecule has 0 saturated carbocycles. The van der Waals surface area contributed by atoms with Gasteiger partial charge in [-0.3, -0.25) is 4.79 Å². The van der Waals surface area contributed by atoms with Gasteiger partial charge in [-0.05, 0) is 24.6 Å². The number of rotatable bonds is 4. The lowest BCUT2D eigenvalue weighted by molar-refractivity contribution is -0.129. The monoisotopic (exact) mass is 226 g/mol. The number of carbonyl (C=O) groups is 1. The van der Waals surface area contributed by atoms with E-state index < -0.39 is 0 Å². The molecule has 0 aromatic heterocycles. The number of amides is 1. The molecular formula is C14H14N2O. The quantitative estimate of drug-likeness (QED) is 0.732. The Balaban J connectivity index is 2.67. The topological polar surface area (TPSA) is 44.1 Å². The lowest BCUT2D eigenvalue weighted by Crippen LogP contribution is -2.32. The number of nitriles is 1. The minimum absolute atomic E-state index is 0.00941. The summed E-state index contributed by atoms with van der Waals surface area (Å²) in [5, 5.41) is 8.66. The zero-order valence-corrected chi connectivity index (χ0v) is 9.81. The number of nitrogens with zero attached hydrogens (tertiary/aromatic N) is 2. The Morgan fingerprint density at radius 2 is 2.06 bits per heavy atom. The normalized spacial score (nSPS) is 9.12. The summed E-state index contributed by atoms with van der Waals surface area (Å²) in [5.41, 5.74) is 1.49. The molecule has 0 aliphatic heterocycles. The third kappa shape index (κ3) is 3.66. The minimum Gasteiger partial charge on any atom is -0.332 e. The van der Waals surface area contributed by atoms with Gasteiger partial charge in [-0.25, -0.2) is 0 Å². The molecule has 0 saturated heterocycles. The Labute approximate surface area is 102 Å². The highest BCUT2D eigenvalue weighted by Gasteiger charge is 2.10. The van der Waals surface area contributed by atoms with Crippen LogP contribution in [0, 0.1) is 23.7 Å². The highest BCUT2D eigenvalue weighted by molar-refractivity contribution is 5.79. The maximum Gasteiger partial charge on any atom is 0.227 e.